The molecule has 0 spiro atoms. The highest BCUT2D eigenvalue weighted by Gasteiger charge is 2.21. The molecule has 0 atom stereocenters. The van der Waals surface area contributed by atoms with E-state index in [4.69, 9.17) is 0 Å². The fourth-order valence-corrected chi connectivity index (χ4v) is 4.21. The van der Waals surface area contributed by atoms with Gasteiger partial charge in [0.25, 0.3) is 0 Å². The van der Waals surface area contributed by atoms with Gasteiger partial charge in [-0.05, 0) is 61.6 Å². The van der Waals surface area contributed by atoms with Gasteiger partial charge in [0.15, 0.2) is 6.20 Å². The Kier molecular flexibility index (Phi) is 4.64. The number of hydrogen-bond acceptors (Lipinski definition) is 0. The van der Waals surface area contributed by atoms with E-state index in [9.17, 15) is 0 Å². The van der Waals surface area contributed by atoms with Crippen LogP contribution in [0.15, 0.2) is 73.1 Å². The Hall–Kier alpha value is -3.13. The van der Waals surface area contributed by atoms with Gasteiger partial charge in [-0.3, -0.25) is 0 Å². The summed E-state index contributed by atoms with van der Waals surface area (Å²) in [4.78, 5) is 0. The summed E-state index contributed by atoms with van der Waals surface area (Å²) in [5, 5.41) is 0. The molecule has 0 amide bonds. The number of aromatic nitrogens is 2. The van der Waals surface area contributed by atoms with E-state index in [-0.39, 0.29) is 0 Å². The molecule has 0 bridgehead atoms. The molecule has 4 aromatic rings. The van der Waals surface area contributed by atoms with Gasteiger partial charge >= 0.3 is 0 Å². The van der Waals surface area contributed by atoms with Crippen LogP contribution in [0.2, 0.25) is 0 Å². The third kappa shape index (κ3) is 3.16. The van der Waals surface area contributed by atoms with E-state index in [1.54, 1.807) is 0 Å². The van der Waals surface area contributed by atoms with Crippen LogP contribution in [-0.4, -0.2) is 4.57 Å². The fourth-order valence-electron chi connectivity index (χ4n) is 4.21. The zero-order chi connectivity index (χ0) is 19.8. The molecule has 2 aromatic carbocycles. The lowest BCUT2D eigenvalue weighted by molar-refractivity contribution is -0.660. The van der Waals surface area contributed by atoms with E-state index in [2.05, 4.69) is 117 Å². The molecular formula is C26H27N2+. The van der Waals surface area contributed by atoms with Crippen molar-refractivity contribution in [2.75, 3.05) is 0 Å². The van der Waals surface area contributed by atoms with Crippen LogP contribution in [0.25, 0.3) is 28.2 Å². The molecule has 2 nitrogen and oxygen atoms in total. The smallest absolute Gasteiger partial charge is 0.230 e. The molecule has 0 saturated heterocycles. The summed E-state index contributed by atoms with van der Waals surface area (Å²) in [6.45, 7) is 8.76. The third-order valence-electron chi connectivity index (χ3n) is 5.46. The summed E-state index contributed by atoms with van der Waals surface area (Å²) in [6, 6.07) is 21.8. The number of pyridine rings is 1. The van der Waals surface area contributed by atoms with Crippen molar-refractivity contribution in [3.63, 3.8) is 0 Å². The number of rotatable bonds is 3. The molecular weight excluding hydrogens is 340 g/mol. The Morgan fingerprint density at radius 2 is 1.39 bits per heavy atom. The van der Waals surface area contributed by atoms with Gasteiger partial charge in [0, 0.05) is 18.3 Å². The number of nitrogens with zero attached hydrogens (tertiary/aromatic N) is 2. The molecule has 0 unspecified atom stereocenters. The predicted molar refractivity (Wildman–Crippen MR) is 117 cm³/mol. The average Bonchev–Trinajstić information content (AvgIpc) is 3.03. The van der Waals surface area contributed by atoms with Crippen LogP contribution in [-0.2, 0) is 7.05 Å². The predicted octanol–water partition coefficient (Wildman–Crippen LogP) is 5.87. The minimum absolute atomic E-state index is 1.21. The summed E-state index contributed by atoms with van der Waals surface area (Å²) in [5.74, 6) is 0. The standard InChI is InChI=1S/C26H27N2/c1-18-15-20(3)25(21(4)16-18)28-14-11-19(2)26(28)24-17-23(12-13-27(24)5)22-9-7-6-8-10-22/h6-17H,1-5H3/q+1. The molecule has 0 aliphatic heterocycles. The monoisotopic (exact) mass is 367 g/mol. The minimum atomic E-state index is 1.21. The lowest BCUT2D eigenvalue weighted by Gasteiger charge is -2.16. The first-order valence-corrected chi connectivity index (χ1v) is 9.77. The second-order valence-electron chi connectivity index (χ2n) is 7.74. The average molecular weight is 368 g/mol. The molecule has 2 heteroatoms. The SMILES string of the molecule is Cc1cc(C)c(-n2ccc(C)c2-c2cc(-c3ccccc3)cc[n+]2C)c(C)c1. The number of hydrogen-bond donors (Lipinski definition) is 0. The first-order valence-electron chi connectivity index (χ1n) is 9.77. The topological polar surface area (TPSA) is 8.81 Å². The summed E-state index contributed by atoms with van der Waals surface area (Å²) in [6.07, 6.45) is 4.35. The van der Waals surface area contributed by atoms with Crippen LogP contribution in [0, 0.1) is 27.7 Å². The van der Waals surface area contributed by atoms with Crippen LogP contribution in [0.1, 0.15) is 22.3 Å². The lowest BCUT2D eigenvalue weighted by atomic mass is 10.0. The largest absolute Gasteiger partial charge is 0.311 e. The van der Waals surface area contributed by atoms with Gasteiger partial charge in [-0.1, -0.05) is 48.0 Å². The van der Waals surface area contributed by atoms with Crippen LogP contribution < -0.4 is 4.57 Å². The van der Waals surface area contributed by atoms with Crippen LogP contribution in [0.4, 0.5) is 0 Å². The van der Waals surface area contributed by atoms with Gasteiger partial charge in [-0.15, -0.1) is 0 Å². The molecule has 140 valence electrons. The van der Waals surface area contributed by atoms with Crippen LogP contribution in [0.5, 0.6) is 0 Å². The number of benzene rings is 2. The van der Waals surface area contributed by atoms with Gasteiger partial charge in [-0.2, -0.15) is 4.57 Å². The lowest BCUT2D eigenvalue weighted by Crippen LogP contribution is -2.31. The van der Waals surface area contributed by atoms with Gasteiger partial charge in [0.05, 0.1) is 5.69 Å². The maximum Gasteiger partial charge on any atom is 0.230 e. The Morgan fingerprint density at radius 1 is 0.714 bits per heavy atom. The molecule has 4 rings (SSSR count). The highest BCUT2D eigenvalue weighted by atomic mass is 15.0. The van der Waals surface area contributed by atoms with Crippen molar-refractivity contribution in [1.29, 1.82) is 0 Å². The van der Waals surface area contributed by atoms with E-state index in [1.165, 1.54) is 50.5 Å². The fraction of sp³-hybridized carbons (Fsp3) is 0.192. The minimum Gasteiger partial charge on any atom is -0.311 e. The summed E-state index contributed by atoms with van der Waals surface area (Å²) < 4.78 is 4.56. The maximum absolute atomic E-state index is 2.35. The number of aryl methyl sites for hydroxylation is 5. The van der Waals surface area contributed by atoms with Gasteiger partial charge in [0.2, 0.25) is 5.69 Å². The van der Waals surface area contributed by atoms with E-state index in [0.29, 0.717) is 0 Å². The molecule has 0 radical (unpaired) electrons. The van der Waals surface area contributed by atoms with E-state index in [0.717, 1.165) is 0 Å². The zero-order valence-corrected chi connectivity index (χ0v) is 17.3. The zero-order valence-electron chi connectivity index (χ0n) is 17.3. The summed E-state index contributed by atoms with van der Waals surface area (Å²) in [7, 11) is 2.12. The summed E-state index contributed by atoms with van der Waals surface area (Å²) >= 11 is 0. The Morgan fingerprint density at radius 3 is 2.07 bits per heavy atom. The van der Waals surface area contributed by atoms with Crippen molar-refractivity contribution >= 4 is 0 Å². The molecule has 28 heavy (non-hydrogen) atoms. The molecule has 2 heterocycles. The van der Waals surface area contributed by atoms with Crippen molar-refractivity contribution in [2.24, 2.45) is 7.05 Å². The van der Waals surface area contributed by atoms with Crippen molar-refractivity contribution in [3.05, 3.63) is 95.3 Å². The maximum atomic E-state index is 2.35. The van der Waals surface area contributed by atoms with Crippen molar-refractivity contribution in [1.82, 2.24) is 4.57 Å². The van der Waals surface area contributed by atoms with Crippen LogP contribution >= 0.6 is 0 Å². The van der Waals surface area contributed by atoms with E-state index < -0.39 is 0 Å². The Balaban J connectivity index is 1.94. The highest BCUT2D eigenvalue weighted by molar-refractivity contribution is 5.70. The van der Waals surface area contributed by atoms with Crippen molar-refractivity contribution in [2.45, 2.75) is 27.7 Å². The van der Waals surface area contributed by atoms with Crippen molar-refractivity contribution < 1.29 is 4.57 Å². The first kappa shape index (κ1) is 18.2. The van der Waals surface area contributed by atoms with Crippen molar-refractivity contribution in [3.8, 4) is 28.2 Å². The third-order valence-corrected chi connectivity index (χ3v) is 5.46. The second kappa shape index (κ2) is 7.12. The first-order chi connectivity index (χ1) is 13.5. The van der Waals surface area contributed by atoms with E-state index >= 15 is 0 Å². The quantitative estimate of drug-likeness (QED) is 0.401. The summed E-state index contributed by atoms with van der Waals surface area (Å²) in [5.41, 5.74) is 11.4. The molecule has 0 saturated carbocycles. The molecule has 0 aliphatic carbocycles. The normalized spacial score (nSPS) is 11.0. The Bertz CT molecular complexity index is 1130. The second-order valence-corrected chi connectivity index (χ2v) is 7.74. The molecule has 0 fully saturated rings. The molecule has 0 aliphatic rings. The molecule has 0 N–H and O–H groups in total. The Labute approximate surface area is 167 Å². The van der Waals surface area contributed by atoms with Crippen LogP contribution in [0.3, 0.4) is 0 Å². The molecule has 2 aromatic heterocycles. The van der Waals surface area contributed by atoms with E-state index in [1.807, 2.05) is 0 Å². The van der Waals surface area contributed by atoms with Gasteiger partial charge in [-0.25, -0.2) is 0 Å². The van der Waals surface area contributed by atoms with Gasteiger partial charge < -0.3 is 4.57 Å². The highest BCUT2D eigenvalue weighted by Crippen LogP contribution is 2.31. The van der Waals surface area contributed by atoms with Gasteiger partial charge in [0.1, 0.15) is 12.7 Å².